The monoisotopic (exact) mass is 396 g/mol. The van der Waals surface area contributed by atoms with Crippen LogP contribution in [-0.4, -0.2) is 32.5 Å². The van der Waals surface area contributed by atoms with Crippen LogP contribution in [0.4, 0.5) is 32.0 Å². The molecule has 0 spiro atoms. The van der Waals surface area contributed by atoms with E-state index < -0.39 is 64.4 Å². The summed E-state index contributed by atoms with van der Waals surface area (Å²) in [7, 11) is 0. The summed E-state index contributed by atoms with van der Waals surface area (Å²) in [5.41, 5.74) is -3.82. The minimum Gasteiger partial charge on any atom is -0.271 e. The Balaban J connectivity index is 2.01. The van der Waals surface area contributed by atoms with Crippen molar-refractivity contribution in [3.05, 3.63) is 29.3 Å². The van der Waals surface area contributed by atoms with Gasteiger partial charge < -0.3 is 0 Å². The summed E-state index contributed by atoms with van der Waals surface area (Å²) in [5, 5.41) is 11.9. The van der Waals surface area contributed by atoms with Gasteiger partial charge in [0.2, 0.25) is 11.2 Å². The molecule has 13 heteroatoms. The minimum absolute atomic E-state index is 0.413. The van der Waals surface area contributed by atoms with Crippen molar-refractivity contribution in [2.24, 2.45) is 5.10 Å². The fourth-order valence-electron chi connectivity index (χ4n) is 2.49. The Morgan fingerprint density at radius 2 is 1.85 bits per heavy atom. The van der Waals surface area contributed by atoms with Gasteiger partial charge >= 0.3 is 12.4 Å². The predicted molar refractivity (Wildman–Crippen MR) is 75.5 cm³/mol. The van der Waals surface area contributed by atoms with Crippen molar-refractivity contribution >= 4 is 28.5 Å². The molecular formula is C13H6F6N4O2S. The van der Waals surface area contributed by atoms with E-state index in [-0.39, 0.29) is 0 Å². The molecule has 0 radical (unpaired) electrons. The molecule has 1 aromatic carbocycles. The normalized spacial score (nSPS) is 23.1. The van der Waals surface area contributed by atoms with Gasteiger partial charge in [-0.2, -0.15) is 41.1 Å². The number of rotatable bonds is 1. The molecule has 1 aromatic rings. The number of carbonyl (C=O) groups is 1. The summed E-state index contributed by atoms with van der Waals surface area (Å²) in [6.07, 6.45) is -10.6. The topological polar surface area (TPSA) is 76.8 Å². The highest BCUT2D eigenvalue weighted by atomic mass is 32.2. The van der Waals surface area contributed by atoms with Gasteiger partial charge in [-0.3, -0.25) is 4.79 Å². The van der Waals surface area contributed by atoms with E-state index in [0.29, 0.717) is 14.8 Å². The van der Waals surface area contributed by atoms with Gasteiger partial charge in [-0.1, -0.05) is 0 Å². The lowest BCUT2D eigenvalue weighted by Gasteiger charge is -2.17. The zero-order chi connectivity index (χ0) is 19.4. The summed E-state index contributed by atoms with van der Waals surface area (Å²) >= 11 is -2.57. The average Bonchev–Trinajstić information content (AvgIpc) is 3.07. The Morgan fingerprint density at radius 3 is 2.35 bits per heavy atom. The number of hydrogen-bond donors (Lipinski definition) is 0. The van der Waals surface area contributed by atoms with Crippen LogP contribution < -0.4 is 4.31 Å². The van der Waals surface area contributed by atoms with Crippen LogP contribution in [0.1, 0.15) is 17.5 Å². The Kier molecular flexibility index (Phi) is 3.98. The Hall–Kier alpha value is -2.62. The standard InChI is InChI=1S/C13H6F6N4O2S/c14-12(15,16)8-3-7(2-1-6(8)5-20)22-11(24)9-4-10(13(17,18)19)21-23(9)26(22)25/h1-3,9H,4H2. The lowest BCUT2D eigenvalue weighted by atomic mass is 10.1. The fraction of sp³-hybridized carbons (Fsp3) is 0.308. The van der Waals surface area contributed by atoms with Crippen molar-refractivity contribution < 1.29 is 35.3 Å². The highest BCUT2D eigenvalue weighted by Gasteiger charge is 2.54. The lowest BCUT2D eigenvalue weighted by Crippen LogP contribution is -2.32. The fourth-order valence-corrected chi connectivity index (χ4v) is 3.78. The van der Waals surface area contributed by atoms with Crippen LogP contribution in [0, 0.1) is 11.3 Å². The first-order valence-electron chi connectivity index (χ1n) is 6.76. The Bertz CT molecular complexity index is 888. The third-order valence-corrected chi connectivity index (χ3v) is 5.02. The maximum atomic E-state index is 13.0. The highest BCUT2D eigenvalue weighted by Crippen LogP contribution is 2.39. The number of amides is 1. The number of hydrogen-bond acceptors (Lipinski definition) is 4. The number of alkyl halides is 6. The van der Waals surface area contributed by atoms with Crippen molar-refractivity contribution in [2.45, 2.75) is 24.8 Å². The van der Waals surface area contributed by atoms with Gasteiger partial charge in [0.25, 0.3) is 5.91 Å². The van der Waals surface area contributed by atoms with Gasteiger partial charge in [0, 0.05) is 6.42 Å². The van der Waals surface area contributed by atoms with Crippen LogP contribution in [0.25, 0.3) is 0 Å². The molecule has 0 aromatic heterocycles. The first-order valence-corrected chi connectivity index (χ1v) is 7.82. The number of fused-ring (bicyclic) bond motifs is 1. The predicted octanol–water partition coefficient (Wildman–Crippen LogP) is 2.49. The second-order valence-corrected chi connectivity index (χ2v) is 6.47. The van der Waals surface area contributed by atoms with E-state index in [9.17, 15) is 35.3 Å². The van der Waals surface area contributed by atoms with E-state index in [1.807, 2.05) is 0 Å². The average molecular weight is 396 g/mol. The number of hydrazone groups is 1. The van der Waals surface area contributed by atoms with Crippen LogP contribution in [0.3, 0.4) is 0 Å². The summed E-state index contributed by atoms with van der Waals surface area (Å²) in [6.45, 7) is 0. The molecule has 2 unspecified atom stereocenters. The van der Waals surface area contributed by atoms with E-state index >= 15 is 0 Å². The molecule has 2 atom stereocenters. The van der Waals surface area contributed by atoms with E-state index in [1.165, 1.54) is 6.07 Å². The summed E-state index contributed by atoms with van der Waals surface area (Å²) in [5.74, 6) is -1.08. The quantitative estimate of drug-likeness (QED) is 0.685. The molecule has 1 amide bonds. The van der Waals surface area contributed by atoms with Gasteiger partial charge in [-0.05, 0) is 18.2 Å². The van der Waals surface area contributed by atoms with Crippen molar-refractivity contribution in [2.75, 3.05) is 4.31 Å². The summed E-state index contributed by atoms with van der Waals surface area (Å²) in [6, 6.07) is 2.03. The van der Waals surface area contributed by atoms with Crippen molar-refractivity contribution in [3.8, 4) is 6.07 Å². The maximum absolute atomic E-state index is 13.0. The second kappa shape index (κ2) is 5.70. The number of anilines is 1. The van der Waals surface area contributed by atoms with Gasteiger partial charge in [0.05, 0.1) is 22.9 Å². The molecule has 0 N–H and O–H groups in total. The second-order valence-electron chi connectivity index (χ2n) is 5.27. The zero-order valence-corrected chi connectivity index (χ0v) is 13.1. The number of benzene rings is 1. The van der Waals surface area contributed by atoms with Gasteiger partial charge in [0.15, 0.2) is 0 Å². The van der Waals surface area contributed by atoms with Crippen LogP contribution >= 0.6 is 0 Å². The Morgan fingerprint density at radius 1 is 1.19 bits per heavy atom. The number of nitriles is 1. The molecule has 0 aliphatic carbocycles. The molecule has 1 fully saturated rings. The summed E-state index contributed by atoms with van der Waals surface area (Å²) < 4.78 is 90.2. The van der Waals surface area contributed by atoms with Crippen LogP contribution in [0.15, 0.2) is 23.3 Å². The lowest BCUT2D eigenvalue weighted by molar-refractivity contribution is -0.137. The SMILES string of the molecule is N#Cc1ccc(N2C(=O)C3CC(C(F)(F)F)=NN3S2=O)cc1C(F)(F)F. The molecular weight excluding hydrogens is 390 g/mol. The van der Waals surface area contributed by atoms with E-state index in [1.54, 1.807) is 0 Å². The van der Waals surface area contributed by atoms with Crippen molar-refractivity contribution in [1.82, 2.24) is 4.41 Å². The molecule has 3 rings (SSSR count). The molecule has 0 saturated carbocycles. The van der Waals surface area contributed by atoms with Gasteiger partial charge in [0.1, 0.15) is 11.8 Å². The molecule has 1 saturated heterocycles. The van der Waals surface area contributed by atoms with Crippen LogP contribution in [0.5, 0.6) is 0 Å². The number of nitrogens with zero attached hydrogens (tertiary/aromatic N) is 4. The molecule has 0 bridgehead atoms. The zero-order valence-electron chi connectivity index (χ0n) is 12.3. The molecule has 26 heavy (non-hydrogen) atoms. The van der Waals surface area contributed by atoms with Crippen molar-refractivity contribution in [1.29, 1.82) is 5.26 Å². The molecule has 2 aliphatic rings. The molecule has 2 heterocycles. The molecule has 138 valence electrons. The van der Waals surface area contributed by atoms with Gasteiger partial charge in [-0.25, -0.2) is 8.51 Å². The largest absolute Gasteiger partial charge is 0.431 e. The Labute approximate surface area is 144 Å². The molecule has 2 aliphatic heterocycles. The van der Waals surface area contributed by atoms with Crippen molar-refractivity contribution in [3.63, 3.8) is 0 Å². The van der Waals surface area contributed by atoms with Crippen LogP contribution in [0.2, 0.25) is 0 Å². The first-order chi connectivity index (χ1) is 11.9. The summed E-state index contributed by atoms with van der Waals surface area (Å²) in [4.78, 5) is 12.3. The first kappa shape index (κ1) is 18.2. The third-order valence-electron chi connectivity index (χ3n) is 3.66. The van der Waals surface area contributed by atoms with E-state index in [2.05, 4.69) is 5.10 Å². The third kappa shape index (κ3) is 2.79. The number of carbonyl (C=O) groups excluding carboxylic acids is 1. The van der Waals surface area contributed by atoms with Gasteiger partial charge in [-0.15, -0.1) is 0 Å². The maximum Gasteiger partial charge on any atom is 0.431 e. The molecule has 6 nitrogen and oxygen atoms in total. The number of halogens is 6. The highest BCUT2D eigenvalue weighted by molar-refractivity contribution is 7.85. The smallest absolute Gasteiger partial charge is 0.271 e. The van der Waals surface area contributed by atoms with Crippen LogP contribution in [-0.2, 0) is 22.1 Å². The van der Waals surface area contributed by atoms with E-state index in [0.717, 1.165) is 12.1 Å². The van der Waals surface area contributed by atoms with E-state index in [4.69, 9.17) is 5.26 Å². The minimum atomic E-state index is -4.91.